The maximum atomic E-state index is 5.79. The van der Waals surface area contributed by atoms with Crippen molar-refractivity contribution < 1.29 is 0 Å². The summed E-state index contributed by atoms with van der Waals surface area (Å²) in [5.74, 6) is 0.523. The molecule has 0 fully saturated rings. The SMILES string of the molecule is C=Cc1ccc(CNCC(CCN)CNCc2cccc(C=C)c2)cc1. The zero-order valence-electron chi connectivity index (χ0n) is 15.6. The topological polar surface area (TPSA) is 50.1 Å². The largest absolute Gasteiger partial charge is 0.330 e. The molecule has 1 unspecified atom stereocenters. The van der Waals surface area contributed by atoms with E-state index in [-0.39, 0.29) is 0 Å². The second kappa shape index (κ2) is 11.4. The molecule has 0 radical (unpaired) electrons. The van der Waals surface area contributed by atoms with Gasteiger partial charge in [-0.25, -0.2) is 0 Å². The highest BCUT2D eigenvalue weighted by Gasteiger charge is 2.07. The molecule has 0 aliphatic carbocycles. The van der Waals surface area contributed by atoms with E-state index in [0.717, 1.165) is 43.7 Å². The molecule has 0 saturated heterocycles. The molecule has 0 spiro atoms. The van der Waals surface area contributed by atoms with Crippen LogP contribution in [0.15, 0.2) is 61.7 Å². The van der Waals surface area contributed by atoms with Crippen LogP contribution in [0, 0.1) is 5.92 Å². The van der Waals surface area contributed by atoms with Gasteiger partial charge in [0.2, 0.25) is 0 Å². The predicted octanol–water partition coefficient (Wildman–Crippen LogP) is 3.82. The highest BCUT2D eigenvalue weighted by atomic mass is 14.9. The van der Waals surface area contributed by atoms with Crippen LogP contribution in [0.2, 0.25) is 0 Å². The Bertz CT molecular complexity index is 676. The lowest BCUT2D eigenvalue weighted by atomic mass is 10.0. The van der Waals surface area contributed by atoms with Crippen LogP contribution in [0.4, 0.5) is 0 Å². The third kappa shape index (κ3) is 6.96. The lowest BCUT2D eigenvalue weighted by Crippen LogP contribution is -2.32. The fourth-order valence-electron chi connectivity index (χ4n) is 2.95. The monoisotopic (exact) mass is 349 g/mol. The first kappa shape index (κ1) is 20.1. The minimum Gasteiger partial charge on any atom is -0.330 e. The van der Waals surface area contributed by atoms with Gasteiger partial charge in [0, 0.05) is 13.1 Å². The number of hydrogen-bond acceptors (Lipinski definition) is 3. The third-order valence-corrected chi connectivity index (χ3v) is 4.50. The Labute approximate surface area is 158 Å². The Morgan fingerprint density at radius 1 is 0.846 bits per heavy atom. The van der Waals surface area contributed by atoms with E-state index in [1.807, 2.05) is 12.2 Å². The molecule has 0 aliphatic rings. The number of rotatable bonds is 12. The van der Waals surface area contributed by atoms with Crippen LogP contribution in [0.25, 0.3) is 12.2 Å². The minimum atomic E-state index is 0.523. The van der Waals surface area contributed by atoms with Crippen molar-refractivity contribution in [1.29, 1.82) is 0 Å². The van der Waals surface area contributed by atoms with Crippen LogP contribution >= 0.6 is 0 Å². The second-order valence-corrected chi connectivity index (χ2v) is 6.60. The average Bonchev–Trinajstić information content (AvgIpc) is 2.68. The van der Waals surface area contributed by atoms with Gasteiger partial charge >= 0.3 is 0 Å². The van der Waals surface area contributed by atoms with E-state index in [9.17, 15) is 0 Å². The molecular weight excluding hydrogens is 318 g/mol. The van der Waals surface area contributed by atoms with Crippen molar-refractivity contribution in [2.75, 3.05) is 19.6 Å². The standard InChI is InChI=1S/C23H31N3/c1-3-19-8-10-21(11-9-19)15-25-17-23(12-13-24)18-26-16-22-7-5-6-20(4-2)14-22/h3-11,14,23,25-26H,1-2,12-13,15-18,24H2. The summed E-state index contributed by atoms with van der Waals surface area (Å²) in [5, 5.41) is 7.12. The molecular formula is C23H31N3. The molecule has 0 bridgehead atoms. The summed E-state index contributed by atoms with van der Waals surface area (Å²) in [6, 6.07) is 16.9. The van der Waals surface area contributed by atoms with E-state index in [1.54, 1.807) is 0 Å². The van der Waals surface area contributed by atoms with E-state index in [4.69, 9.17) is 5.73 Å². The van der Waals surface area contributed by atoms with Gasteiger partial charge in [-0.05, 0) is 54.2 Å². The number of nitrogens with two attached hydrogens (primary N) is 1. The summed E-state index contributed by atoms with van der Waals surface area (Å²) in [5.41, 5.74) is 10.7. The molecule has 4 N–H and O–H groups in total. The van der Waals surface area contributed by atoms with Gasteiger partial charge in [-0.15, -0.1) is 0 Å². The zero-order chi connectivity index (χ0) is 18.6. The van der Waals surface area contributed by atoms with Gasteiger partial charge in [0.05, 0.1) is 0 Å². The lowest BCUT2D eigenvalue weighted by molar-refractivity contribution is 0.420. The summed E-state index contributed by atoms with van der Waals surface area (Å²) in [6.07, 6.45) is 4.76. The highest BCUT2D eigenvalue weighted by Crippen LogP contribution is 2.08. The van der Waals surface area contributed by atoms with Gasteiger partial charge in [0.25, 0.3) is 0 Å². The first-order chi connectivity index (χ1) is 12.7. The summed E-state index contributed by atoms with van der Waals surface area (Å²) >= 11 is 0. The molecule has 2 aromatic rings. The molecule has 2 aromatic carbocycles. The Morgan fingerprint density at radius 3 is 2.12 bits per heavy atom. The van der Waals surface area contributed by atoms with Crippen molar-refractivity contribution in [3.05, 3.63) is 83.9 Å². The quantitative estimate of drug-likeness (QED) is 0.546. The maximum absolute atomic E-state index is 5.79. The van der Waals surface area contributed by atoms with Crippen LogP contribution in [-0.2, 0) is 13.1 Å². The van der Waals surface area contributed by atoms with Gasteiger partial charge in [-0.1, -0.05) is 73.8 Å². The molecule has 0 amide bonds. The third-order valence-electron chi connectivity index (χ3n) is 4.50. The van der Waals surface area contributed by atoms with Gasteiger partial charge in [0.1, 0.15) is 0 Å². The summed E-state index contributed by atoms with van der Waals surface area (Å²) in [4.78, 5) is 0. The molecule has 0 heterocycles. The normalized spacial score (nSPS) is 11.9. The van der Waals surface area contributed by atoms with Crippen molar-refractivity contribution >= 4 is 12.2 Å². The van der Waals surface area contributed by atoms with Crippen molar-refractivity contribution in [1.82, 2.24) is 10.6 Å². The second-order valence-electron chi connectivity index (χ2n) is 6.60. The first-order valence-electron chi connectivity index (χ1n) is 9.29. The van der Waals surface area contributed by atoms with E-state index < -0.39 is 0 Å². The first-order valence-corrected chi connectivity index (χ1v) is 9.29. The molecule has 0 saturated carbocycles. The molecule has 0 aromatic heterocycles. The summed E-state index contributed by atoms with van der Waals surface area (Å²) in [6.45, 7) is 12.0. The van der Waals surface area contributed by atoms with E-state index in [0.29, 0.717) is 12.5 Å². The number of nitrogens with one attached hydrogen (secondary N) is 2. The van der Waals surface area contributed by atoms with Gasteiger partial charge in [-0.3, -0.25) is 0 Å². The van der Waals surface area contributed by atoms with Crippen molar-refractivity contribution in [3.63, 3.8) is 0 Å². The number of hydrogen-bond donors (Lipinski definition) is 3. The van der Waals surface area contributed by atoms with Gasteiger partial charge in [-0.2, -0.15) is 0 Å². The van der Waals surface area contributed by atoms with Crippen LogP contribution in [0.1, 0.15) is 28.7 Å². The Hall–Kier alpha value is -2.20. The van der Waals surface area contributed by atoms with Crippen molar-refractivity contribution in [2.24, 2.45) is 11.7 Å². The molecule has 3 nitrogen and oxygen atoms in total. The number of benzene rings is 2. The Balaban J connectivity index is 1.74. The van der Waals surface area contributed by atoms with Gasteiger partial charge < -0.3 is 16.4 Å². The van der Waals surface area contributed by atoms with E-state index >= 15 is 0 Å². The Kier molecular flexibility index (Phi) is 8.84. The molecule has 138 valence electrons. The van der Waals surface area contributed by atoms with E-state index in [2.05, 4.69) is 72.3 Å². The van der Waals surface area contributed by atoms with Crippen molar-refractivity contribution in [3.8, 4) is 0 Å². The molecule has 3 heteroatoms. The molecule has 1 atom stereocenters. The van der Waals surface area contributed by atoms with Crippen LogP contribution < -0.4 is 16.4 Å². The zero-order valence-corrected chi connectivity index (χ0v) is 15.6. The van der Waals surface area contributed by atoms with Crippen molar-refractivity contribution in [2.45, 2.75) is 19.5 Å². The smallest absolute Gasteiger partial charge is 0.0205 e. The fourth-order valence-corrected chi connectivity index (χ4v) is 2.95. The summed E-state index contributed by atoms with van der Waals surface area (Å²) < 4.78 is 0. The fraction of sp³-hybridized carbons (Fsp3) is 0.304. The lowest BCUT2D eigenvalue weighted by Gasteiger charge is -2.18. The molecule has 26 heavy (non-hydrogen) atoms. The predicted molar refractivity (Wildman–Crippen MR) is 114 cm³/mol. The van der Waals surface area contributed by atoms with Crippen LogP contribution in [-0.4, -0.2) is 19.6 Å². The highest BCUT2D eigenvalue weighted by molar-refractivity contribution is 5.48. The van der Waals surface area contributed by atoms with E-state index in [1.165, 1.54) is 11.1 Å². The Morgan fingerprint density at radius 2 is 1.50 bits per heavy atom. The molecule has 0 aliphatic heterocycles. The van der Waals surface area contributed by atoms with Crippen LogP contribution in [0.3, 0.4) is 0 Å². The van der Waals surface area contributed by atoms with Crippen LogP contribution in [0.5, 0.6) is 0 Å². The molecule has 2 rings (SSSR count). The average molecular weight is 350 g/mol. The van der Waals surface area contributed by atoms with Gasteiger partial charge in [0.15, 0.2) is 0 Å². The summed E-state index contributed by atoms with van der Waals surface area (Å²) in [7, 11) is 0. The maximum Gasteiger partial charge on any atom is 0.0205 e. The minimum absolute atomic E-state index is 0.523.